The zero-order valence-electron chi connectivity index (χ0n) is 11.2. The quantitative estimate of drug-likeness (QED) is 0.776. The molecule has 2 amide bonds. The molecule has 4 heteroatoms. The van der Waals surface area contributed by atoms with E-state index in [1.807, 2.05) is 4.90 Å². The molecule has 18 heavy (non-hydrogen) atoms. The number of amides is 2. The minimum absolute atomic E-state index is 0.0363. The molecular weight excluding hydrogens is 226 g/mol. The topological polar surface area (TPSA) is 56.1 Å². The zero-order valence-corrected chi connectivity index (χ0v) is 11.2. The van der Waals surface area contributed by atoms with E-state index < -0.39 is 5.54 Å². The van der Waals surface area contributed by atoms with Gasteiger partial charge in [0.25, 0.3) is 0 Å². The molecule has 2 aliphatic rings. The summed E-state index contributed by atoms with van der Waals surface area (Å²) in [5.74, 6) is 0.679. The molecule has 4 nitrogen and oxygen atoms in total. The fourth-order valence-corrected chi connectivity index (χ4v) is 2.90. The smallest absolute Gasteiger partial charge is 0.318 e. The van der Waals surface area contributed by atoms with Gasteiger partial charge in [0.1, 0.15) is 5.54 Å². The van der Waals surface area contributed by atoms with Crippen LogP contribution in [0.4, 0.5) is 4.79 Å². The fourth-order valence-electron chi connectivity index (χ4n) is 2.90. The third-order valence-electron chi connectivity index (χ3n) is 4.33. The first-order chi connectivity index (χ1) is 8.65. The molecule has 0 aromatic carbocycles. The summed E-state index contributed by atoms with van der Waals surface area (Å²) in [6.07, 6.45) is 7.05. The van der Waals surface area contributed by atoms with E-state index in [1.54, 1.807) is 0 Å². The normalized spacial score (nSPS) is 32.7. The lowest BCUT2D eigenvalue weighted by molar-refractivity contribution is 0.166. The van der Waals surface area contributed by atoms with Crippen molar-refractivity contribution >= 4 is 6.03 Å². The van der Waals surface area contributed by atoms with Crippen LogP contribution in [0.3, 0.4) is 0 Å². The van der Waals surface area contributed by atoms with Gasteiger partial charge in [-0.2, -0.15) is 5.26 Å². The lowest BCUT2D eigenvalue weighted by Crippen LogP contribution is -2.54. The summed E-state index contributed by atoms with van der Waals surface area (Å²) in [4.78, 5) is 14.0. The number of piperidine rings is 1. The highest BCUT2D eigenvalue weighted by molar-refractivity contribution is 5.75. The third kappa shape index (κ3) is 2.95. The Labute approximate surface area is 109 Å². The number of nitrogens with zero attached hydrogens (tertiary/aromatic N) is 2. The Kier molecular flexibility index (Phi) is 4.11. The number of urea groups is 1. The molecule has 0 radical (unpaired) electrons. The van der Waals surface area contributed by atoms with E-state index in [0.29, 0.717) is 5.92 Å². The van der Waals surface area contributed by atoms with Gasteiger partial charge in [0.2, 0.25) is 0 Å². The Hall–Kier alpha value is -1.24. The van der Waals surface area contributed by atoms with E-state index in [1.165, 1.54) is 6.42 Å². The first kappa shape index (κ1) is 13.2. The second kappa shape index (κ2) is 5.60. The van der Waals surface area contributed by atoms with Crippen molar-refractivity contribution in [2.75, 3.05) is 13.1 Å². The van der Waals surface area contributed by atoms with Crippen molar-refractivity contribution in [3.05, 3.63) is 0 Å². The van der Waals surface area contributed by atoms with Gasteiger partial charge in [0, 0.05) is 13.1 Å². The molecule has 100 valence electrons. The van der Waals surface area contributed by atoms with Crippen LogP contribution in [0, 0.1) is 17.2 Å². The molecule has 2 fully saturated rings. The summed E-state index contributed by atoms with van der Waals surface area (Å²) in [5.41, 5.74) is -0.610. The highest BCUT2D eigenvalue weighted by Crippen LogP contribution is 2.31. The van der Waals surface area contributed by atoms with E-state index >= 15 is 0 Å². The summed E-state index contributed by atoms with van der Waals surface area (Å²) in [6.45, 7) is 3.89. The van der Waals surface area contributed by atoms with Crippen LogP contribution in [0.1, 0.15) is 51.9 Å². The number of nitriles is 1. The van der Waals surface area contributed by atoms with Crippen LogP contribution in [0.15, 0.2) is 0 Å². The van der Waals surface area contributed by atoms with Crippen molar-refractivity contribution in [2.24, 2.45) is 5.92 Å². The Morgan fingerprint density at radius 1 is 1.28 bits per heavy atom. The van der Waals surface area contributed by atoms with Crippen LogP contribution >= 0.6 is 0 Å². The van der Waals surface area contributed by atoms with E-state index in [2.05, 4.69) is 18.3 Å². The zero-order chi connectivity index (χ0) is 13.0. The standard InChI is InChI=1S/C14H23N3O/c1-12-5-7-14(11-15,8-6-12)16-13(18)17-9-3-2-4-10-17/h12H,2-10H2,1H3,(H,16,18). The molecule has 1 aliphatic carbocycles. The molecule has 1 saturated carbocycles. The number of rotatable bonds is 1. The Bertz CT molecular complexity index is 333. The molecule has 1 aliphatic heterocycles. The number of likely N-dealkylation sites (tertiary alicyclic amines) is 1. The third-order valence-corrected chi connectivity index (χ3v) is 4.33. The number of hydrogen-bond acceptors (Lipinski definition) is 2. The van der Waals surface area contributed by atoms with E-state index in [9.17, 15) is 10.1 Å². The van der Waals surface area contributed by atoms with Gasteiger partial charge in [-0.1, -0.05) is 6.92 Å². The summed E-state index contributed by atoms with van der Waals surface area (Å²) < 4.78 is 0. The molecule has 0 bridgehead atoms. The highest BCUT2D eigenvalue weighted by Gasteiger charge is 2.36. The monoisotopic (exact) mass is 249 g/mol. The van der Waals surface area contributed by atoms with Crippen molar-refractivity contribution < 1.29 is 4.79 Å². The fraction of sp³-hybridized carbons (Fsp3) is 0.857. The van der Waals surface area contributed by atoms with Gasteiger partial charge in [-0.05, 0) is 50.9 Å². The van der Waals surface area contributed by atoms with Crippen molar-refractivity contribution in [1.29, 1.82) is 5.26 Å². The summed E-state index contributed by atoms with van der Waals surface area (Å²) in [7, 11) is 0. The van der Waals surface area contributed by atoms with Gasteiger partial charge in [0.15, 0.2) is 0 Å². The van der Waals surface area contributed by atoms with Gasteiger partial charge in [-0.3, -0.25) is 0 Å². The molecule has 1 heterocycles. The van der Waals surface area contributed by atoms with Crippen LogP contribution in [-0.4, -0.2) is 29.6 Å². The van der Waals surface area contributed by atoms with Crippen LogP contribution in [0.25, 0.3) is 0 Å². The predicted octanol–water partition coefficient (Wildman–Crippen LogP) is 2.65. The van der Waals surface area contributed by atoms with Gasteiger partial charge in [-0.25, -0.2) is 4.79 Å². The SMILES string of the molecule is CC1CCC(C#N)(NC(=O)N2CCCCC2)CC1. The molecule has 2 rings (SSSR count). The van der Waals surface area contributed by atoms with Gasteiger partial charge >= 0.3 is 6.03 Å². The number of nitrogens with one attached hydrogen (secondary N) is 1. The second-order valence-corrected chi connectivity index (χ2v) is 5.85. The largest absolute Gasteiger partial charge is 0.325 e. The average Bonchev–Trinajstić information content (AvgIpc) is 2.43. The van der Waals surface area contributed by atoms with Gasteiger partial charge in [0.05, 0.1) is 6.07 Å². The van der Waals surface area contributed by atoms with Gasteiger partial charge in [-0.15, -0.1) is 0 Å². The van der Waals surface area contributed by atoms with E-state index in [0.717, 1.165) is 51.6 Å². The van der Waals surface area contributed by atoms with Crippen LogP contribution in [0.5, 0.6) is 0 Å². The van der Waals surface area contributed by atoms with Crippen LogP contribution < -0.4 is 5.32 Å². The lowest BCUT2D eigenvalue weighted by atomic mass is 9.78. The summed E-state index contributed by atoms with van der Waals surface area (Å²) >= 11 is 0. The van der Waals surface area contributed by atoms with E-state index in [-0.39, 0.29) is 6.03 Å². The van der Waals surface area contributed by atoms with Crippen molar-refractivity contribution in [3.63, 3.8) is 0 Å². The Balaban J connectivity index is 1.93. The first-order valence-electron chi connectivity index (χ1n) is 7.13. The molecule has 1 N–H and O–H groups in total. The number of carbonyl (C=O) groups excluding carboxylic acids is 1. The molecule has 1 saturated heterocycles. The number of hydrogen-bond donors (Lipinski definition) is 1. The van der Waals surface area contributed by atoms with Crippen molar-refractivity contribution in [1.82, 2.24) is 10.2 Å². The number of carbonyl (C=O) groups is 1. The maximum atomic E-state index is 12.2. The second-order valence-electron chi connectivity index (χ2n) is 5.85. The Morgan fingerprint density at radius 3 is 2.44 bits per heavy atom. The molecule has 0 aromatic heterocycles. The first-order valence-corrected chi connectivity index (χ1v) is 7.13. The van der Waals surface area contributed by atoms with Gasteiger partial charge < -0.3 is 10.2 Å². The molecule has 0 aromatic rings. The molecule has 0 spiro atoms. The van der Waals surface area contributed by atoms with E-state index in [4.69, 9.17) is 0 Å². The molecule has 0 unspecified atom stereocenters. The minimum Gasteiger partial charge on any atom is -0.325 e. The highest BCUT2D eigenvalue weighted by atomic mass is 16.2. The minimum atomic E-state index is -0.610. The van der Waals surface area contributed by atoms with Crippen LogP contribution in [-0.2, 0) is 0 Å². The summed E-state index contributed by atoms with van der Waals surface area (Å²) in [6, 6.07) is 2.31. The maximum Gasteiger partial charge on any atom is 0.318 e. The maximum absolute atomic E-state index is 12.2. The van der Waals surface area contributed by atoms with Crippen molar-refractivity contribution in [2.45, 2.75) is 57.4 Å². The molecule has 0 atom stereocenters. The van der Waals surface area contributed by atoms with Crippen molar-refractivity contribution in [3.8, 4) is 6.07 Å². The molecular formula is C14H23N3O. The lowest BCUT2D eigenvalue weighted by Gasteiger charge is -2.37. The predicted molar refractivity (Wildman–Crippen MR) is 69.9 cm³/mol. The van der Waals surface area contributed by atoms with Crippen LogP contribution in [0.2, 0.25) is 0 Å². The average molecular weight is 249 g/mol. The summed E-state index contributed by atoms with van der Waals surface area (Å²) in [5, 5.41) is 12.4. The Morgan fingerprint density at radius 2 is 1.89 bits per heavy atom.